The third-order valence-corrected chi connectivity index (χ3v) is 12.5. The molecule has 1 aliphatic carbocycles. The number of amides is 3. The highest BCUT2D eigenvalue weighted by molar-refractivity contribution is 6.01. The van der Waals surface area contributed by atoms with Gasteiger partial charge in [0, 0.05) is 85.0 Å². The van der Waals surface area contributed by atoms with E-state index in [-0.39, 0.29) is 23.6 Å². The fourth-order valence-corrected chi connectivity index (χ4v) is 9.49. The highest BCUT2D eigenvalue weighted by Crippen LogP contribution is 2.42. The molecule has 3 amide bonds. The SMILES string of the molecule is CC1(C)CCc2c(-c3cc4ccc(C(=O)N5CCC(CN6CCC7(C6)CN(c6ccc(C8CCC(=O)NC8=O)cn6)C7)CC5)cc4[nH]3)n[nH]c2C1. The average molecular weight is 689 g/mol. The van der Waals surface area contributed by atoms with Crippen molar-refractivity contribution in [1.82, 2.24) is 35.3 Å². The first-order chi connectivity index (χ1) is 24.6. The summed E-state index contributed by atoms with van der Waals surface area (Å²) >= 11 is 0. The quantitative estimate of drug-likeness (QED) is 0.242. The van der Waals surface area contributed by atoms with Crippen LogP contribution < -0.4 is 10.2 Å². The van der Waals surface area contributed by atoms with Crippen molar-refractivity contribution in [2.24, 2.45) is 16.7 Å². The van der Waals surface area contributed by atoms with Crippen molar-refractivity contribution in [3.05, 3.63) is 65.0 Å². The Morgan fingerprint density at radius 3 is 2.59 bits per heavy atom. The summed E-state index contributed by atoms with van der Waals surface area (Å²) in [5, 5.41) is 11.5. The Bertz CT molecular complexity index is 2000. The van der Waals surface area contributed by atoms with Crippen molar-refractivity contribution in [3.8, 4) is 11.4 Å². The minimum Gasteiger partial charge on any atom is -0.355 e. The predicted octanol–water partition coefficient (Wildman–Crippen LogP) is 5.05. The van der Waals surface area contributed by atoms with Crippen LogP contribution in [-0.2, 0) is 22.4 Å². The molecule has 5 aliphatic rings. The van der Waals surface area contributed by atoms with Gasteiger partial charge in [-0.2, -0.15) is 5.10 Å². The Hall–Kier alpha value is -4.51. The number of aromatic amines is 2. The van der Waals surface area contributed by atoms with Gasteiger partial charge in [-0.15, -0.1) is 0 Å². The maximum atomic E-state index is 13.6. The van der Waals surface area contributed by atoms with Crippen LogP contribution in [0.25, 0.3) is 22.3 Å². The summed E-state index contributed by atoms with van der Waals surface area (Å²) in [7, 11) is 0. The Labute approximate surface area is 298 Å². The van der Waals surface area contributed by atoms with E-state index in [4.69, 9.17) is 10.1 Å². The molecule has 11 heteroatoms. The number of nitrogens with one attached hydrogen (secondary N) is 3. The first-order valence-electron chi connectivity index (χ1n) is 18.9. The van der Waals surface area contributed by atoms with Crippen LogP contribution in [0.15, 0.2) is 42.6 Å². The first kappa shape index (κ1) is 32.4. The van der Waals surface area contributed by atoms with Crippen molar-refractivity contribution in [2.45, 2.75) is 71.1 Å². The Morgan fingerprint density at radius 1 is 0.961 bits per heavy atom. The number of fused-ring (bicyclic) bond motifs is 2. The van der Waals surface area contributed by atoms with Gasteiger partial charge in [-0.05, 0) is 92.7 Å². The fraction of sp³-hybridized carbons (Fsp3) is 0.525. The van der Waals surface area contributed by atoms with Crippen molar-refractivity contribution < 1.29 is 14.4 Å². The largest absolute Gasteiger partial charge is 0.355 e. The molecule has 4 saturated heterocycles. The molecule has 3 N–H and O–H groups in total. The molecule has 0 bridgehead atoms. The van der Waals surface area contributed by atoms with Gasteiger partial charge in [0.2, 0.25) is 11.8 Å². The maximum Gasteiger partial charge on any atom is 0.253 e. The van der Waals surface area contributed by atoms with E-state index in [1.54, 1.807) is 6.20 Å². The molecule has 4 aliphatic heterocycles. The van der Waals surface area contributed by atoms with Gasteiger partial charge in [-0.1, -0.05) is 26.0 Å². The van der Waals surface area contributed by atoms with Crippen molar-refractivity contribution in [2.75, 3.05) is 50.7 Å². The summed E-state index contributed by atoms with van der Waals surface area (Å²) < 4.78 is 0. The Morgan fingerprint density at radius 2 is 1.80 bits per heavy atom. The molecule has 11 nitrogen and oxygen atoms in total. The summed E-state index contributed by atoms with van der Waals surface area (Å²) in [5.41, 5.74) is 7.84. The number of carbonyl (C=O) groups is 3. The van der Waals surface area contributed by atoms with Crippen LogP contribution in [-0.4, -0.2) is 93.5 Å². The number of likely N-dealkylation sites (tertiary alicyclic amines) is 2. The van der Waals surface area contributed by atoms with E-state index in [1.165, 1.54) is 17.7 Å². The number of pyridine rings is 1. The number of rotatable bonds is 6. The van der Waals surface area contributed by atoms with Crippen LogP contribution in [0.2, 0.25) is 0 Å². The summed E-state index contributed by atoms with van der Waals surface area (Å²) in [6, 6.07) is 12.2. The fourth-order valence-electron chi connectivity index (χ4n) is 9.49. The lowest BCUT2D eigenvalue weighted by Gasteiger charge is -2.49. The molecule has 1 aromatic carbocycles. The van der Waals surface area contributed by atoms with E-state index in [2.05, 4.69) is 51.2 Å². The molecular formula is C40H48N8O3. The molecule has 51 heavy (non-hydrogen) atoms. The predicted molar refractivity (Wildman–Crippen MR) is 195 cm³/mol. The number of hydrogen-bond donors (Lipinski definition) is 3. The van der Waals surface area contributed by atoms with Gasteiger partial charge >= 0.3 is 0 Å². The molecular weight excluding hydrogens is 640 g/mol. The number of aromatic nitrogens is 4. The smallest absolute Gasteiger partial charge is 0.253 e. The van der Waals surface area contributed by atoms with Gasteiger partial charge in [0.15, 0.2) is 0 Å². The molecule has 0 saturated carbocycles. The van der Waals surface area contributed by atoms with E-state index in [0.717, 1.165) is 117 Å². The summed E-state index contributed by atoms with van der Waals surface area (Å²) in [6.45, 7) is 11.6. The molecule has 266 valence electrons. The van der Waals surface area contributed by atoms with E-state index < -0.39 is 0 Å². The lowest BCUT2D eigenvalue weighted by atomic mass is 9.76. The third-order valence-electron chi connectivity index (χ3n) is 12.5. The molecule has 4 aromatic rings. The summed E-state index contributed by atoms with van der Waals surface area (Å²) in [6.07, 6.45) is 9.23. The summed E-state index contributed by atoms with van der Waals surface area (Å²) in [5.74, 6) is 0.990. The standard InChI is InChI=1S/C40H48N8O3/c1-39(2)12-9-30-33(19-39)44-45-36(30)32-17-26-3-4-27(18-31(26)42-32)38(51)47-14-10-25(11-15-47)21-46-16-13-40(22-46)23-48(24-40)34-7-5-28(20-41-34)29-6-8-35(49)43-37(29)50/h3-5,7,17-18,20,25,29,42H,6,8-16,19,21-24H2,1-2H3,(H,44,45)(H,43,49,50). The molecule has 3 aromatic heterocycles. The van der Waals surface area contributed by atoms with E-state index in [0.29, 0.717) is 29.6 Å². The number of hydrogen-bond acceptors (Lipinski definition) is 7. The molecule has 7 heterocycles. The molecule has 1 atom stereocenters. The minimum atomic E-state index is -0.297. The normalized spacial score (nSPS) is 23.5. The highest BCUT2D eigenvalue weighted by Gasteiger charge is 2.48. The van der Waals surface area contributed by atoms with Gasteiger partial charge in [0.05, 0.1) is 11.6 Å². The number of H-pyrrole nitrogens is 2. The van der Waals surface area contributed by atoms with Crippen LogP contribution in [0.4, 0.5) is 5.82 Å². The van der Waals surface area contributed by atoms with Crippen molar-refractivity contribution in [3.63, 3.8) is 0 Å². The van der Waals surface area contributed by atoms with Crippen LogP contribution >= 0.6 is 0 Å². The van der Waals surface area contributed by atoms with Gasteiger partial charge in [0.1, 0.15) is 11.5 Å². The zero-order chi connectivity index (χ0) is 34.9. The van der Waals surface area contributed by atoms with Crippen molar-refractivity contribution in [1.29, 1.82) is 0 Å². The number of piperidine rings is 2. The minimum absolute atomic E-state index is 0.124. The zero-order valence-corrected chi connectivity index (χ0v) is 29.8. The number of carbonyl (C=O) groups excluding carboxylic acids is 3. The van der Waals surface area contributed by atoms with E-state index in [1.807, 2.05) is 29.2 Å². The monoisotopic (exact) mass is 688 g/mol. The molecule has 4 fully saturated rings. The van der Waals surface area contributed by atoms with Crippen LogP contribution in [0, 0.1) is 16.7 Å². The zero-order valence-electron chi connectivity index (χ0n) is 29.8. The van der Waals surface area contributed by atoms with Crippen LogP contribution in [0.5, 0.6) is 0 Å². The van der Waals surface area contributed by atoms with Crippen LogP contribution in [0.3, 0.4) is 0 Å². The average Bonchev–Trinajstić information content (AvgIpc) is 3.84. The van der Waals surface area contributed by atoms with Gasteiger partial charge in [-0.3, -0.25) is 24.8 Å². The number of imide groups is 1. The van der Waals surface area contributed by atoms with Gasteiger partial charge < -0.3 is 19.7 Å². The van der Waals surface area contributed by atoms with E-state index >= 15 is 0 Å². The third kappa shape index (κ3) is 6.13. The number of anilines is 1. The Balaban J connectivity index is 0.757. The van der Waals surface area contributed by atoms with Crippen molar-refractivity contribution >= 4 is 34.4 Å². The number of nitrogens with zero attached hydrogens (tertiary/aromatic N) is 5. The molecule has 1 spiro atoms. The van der Waals surface area contributed by atoms with Gasteiger partial charge in [0.25, 0.3) is 5.91 Å². The molecule has 0 radical (unpaired) electrons. The highest BCUT2D eigenvalue weighted by atomic mass is 16.2. The molecule has 9 rings (SSSR count). The summed E-state index contributed by atoms with van der Waals surface area (Å²) in [4.78, 5) is 52.7. The Kier molecular flexibility index (Phi) is 7.83. The number of benzene rings is 1. The second-order valence-corrected chi connectivity index (χ2v) is 16.9. The lowest BCUT2D eigenvalue weighted by molar-refractivity contribution is -0.134. The van der Waals surface area contributed by atoms with Crippen LogP contribution in [0.1, 0.15) is 85.5 Å². The second kappa shape index (κ2) is 12.3. The lowest BCUT2D eigenvalue weighted by Crippen LogP contribution is -2.58. The van der Waals surface area contributed by atoms with Gasteiger partial charge in [-0.25, -0.2) is 4.98 Å². The van der Waals surface area contributed by atoms with E-state index in [9.17, 15) is 14.4 Å². The second-order valence-electron chi connectivity index (χ2n) is 16.9. The molecule has 1 unspecified atom stereocenters. The first-order valence-corrected chi connectivity index (χ1v) is 18.9. The topological polar surface area (TPSA) is 130 Å². The maximum absolute atomic E-state index is 13.6.